The number of hydrogen-bond acceptors (Lipinski definition) is 2. The number of benzene rings is 1. The molecule has 1 rings (SSSR count). The van der Waals surface area contributed by atoms with Gasteiger partial charge in [-0.1, -0.05) is 26.0 Å². The summed E-state index contributed by atoms with van der Waals surface area (Å²) in [6.07, 6.45) is -0.140. The summed E-state index contributed by atoms with van der Waals surface area (Å²) in [5, 5.41) is 2.98. The molecule has 0 atom stereocenters. The monoisotopic (exact) mass is 243 g/mol. The minimum atomic E-state index is -3.89. The van der Waals surface area contributed by atoms with Crippen LogP contribution in [0.4, 0.5) is 5.69 Å². The van der Waals surface area contributed by atoms with Crippen LogP contribution in [-0.2, 0) is 4.57 Å². The Morgan fingerprint density at radius 2 is 1.81 bits per heavy atom. The Morgan fingerprint density at radius 1 is 1.25 bits per heavy atom. The topological polar surface area (TPSA) is 69.6 Å². The molecule has 3 N–H and O–H groups in total. The van der Waals surface area contributed by atoms with Gasteiger partial charge in [0, 0.05) is 12.2 Å². The zero-order valence-corrected chi connectivity index (χ0v) is 10.4. The quantitative estimate of drug-likeness (QED) is 0.694. The molecule has 0 bridgehead atoms. The first-order chi connectivity index (χ1) is 7.38. The molecule has 0 aromatic heterocycles. The second-order valence-corrected chi connectivity index (χ2v) is 5.87. The van der Waals surface area contributed by atoms with Crippen LogP contribution in [0.5, 0.6) is 0 Å². The van der Waals surface area contributed by atoms with Crippen LogP contribution in [0.1, 0.15) is 25.3 Å². The fraction of sp³-hybridized carbons (Fsp3) is 0.455. The summed E-state index contributed by atoms with van der Waals surface area (Å²) in [5.74, 6) is 0.490. The van der Waals surface area contributed by atoms with Crippen LogP contribution in [0.2, 0.25) is 0 Å². The molecule has 0 aliphatic carbocycles. The predicted octanol–water partition coefficient (Wildman–Crippen LogP) is 2.40. The molecule has 4 nitrogen and oxygen atoms in total. The minimum absolute atomic E-state index is 0.140. The Kier molecular flexibility index (Phi) is 4.54. The van der Waals surface area contributed by atoms with Gasteiger partial charge in [-0.2, -0.15) is 0 Å². The minimum Gasteiger partial charge on any atom is -0.384 e. The van der Waals surface area contributed by atoms with Gasteiger partial charge < -0.3 is 15.1 Å². The van der Waals surface area contributed by atoms with E-state index >= 15 is 0 Å². The molecule has 0 radical (unpaired) electrons. The van der Waals surface area contributed by atoms with Gasteiger partial charge in [-0.3, -0.25) is 4.57 Å². The van der Waals surface area contributed by atoms with E-state index in [-0.39, 0.29) is 12.7 Å². The van der Waals surface area contributed by atoms with Crippen molar-refractivity contribution >= 4 is 13.3 Å². The van der Waals surface area contributed by atoms with Crippen LogP contribution in [0.25, 0.3) is 0 Å². The third-order valence-corrected chi connectivity index (χ3v) is 3.12. The van der Waals surface area contributed by atoms with Crippen molar-refractivity contribution in [2.45, 2.75) is 19.8 Å². The summed E-state index contributed by atoms with van der Waals surface area (Å²) in [5.41, 5.74) is 2.14. The first kappa shape index (κ1) is 13.2. The SMILES string of the molecule is CC(C)c1ccc(NCCP(=O)(O)O)cc1. The molecule has 0 saturated heterocycles. The molecular weight excluding hydrogens is 225 g/mol. The van der Waals surface area contributed by atoms with Crippen LogP contribution in [-0.4, -0.2) is 22.5 Å². The van der Waals surface area contributed by atoms with E-state index in [9.17, 15) is 4.57 Å². The molecule has 0 saturated carbocycles. The van der Waals surface area contributed by atoms with E-state index in [2.05, 4.69) is 19.2 Å². The summed E-state index contributed by atoms with van der Waals surface area (Å²) in [7, 11) is -3.89. The van der Waals surface area contributed by atoms with Gasteiger partial charge in [-0.05, 0) is 23.6 Å². The molecule has 0 heterocycles. The molecule has 0 aliphatic rings. The highest BCUT2D eigenvalue weighted by Crippen LogP contribution is 2.33. The Balaban J connectivity index is 2.47. The summed E-state index contributed by atoms with van der Waals surface area (Å²) in [6, 6.07) is 7.89. The maximum Gasteiger partial charge on any atom is 0.327 e. The number of hydrogen-bond donors (Lipinski definition) is 3. The molecular formula is C11H18NO3P. The Labute approximate surface area is 95.9 Å². The summed E-state index contributed by atoms with van der Waals surface area (Å²) >= 11 is 0. The second-order valence-electron chi connectivity index (χ2n) is 4.09. The lowest BCUT2D eigenvalue weighted by molar-refractivity contribution is 0.374. The maximum absolute atomic E-state index is 10.6. The van der Waals surface area contributed by atoms with Crippen molar-refractivity contribution in [1.29, 1.82) is 0 Å². The van der Waals surface area contributed by atoms with Crippen LogP contribution in [0, 0.1) is 0 Å². The average Bonchev–Trinajstić information content (AvgIpc) is 2.16. The maximum atomic E-state index is 10.6. The fourth-order valence-electron chi connectivity index (χ4n) is 1.33. The van der Waals surface area contributed by atoms with Crippen molar-refractivity contribution < 1.29 is 14.4 Å². The van der Waals surface area contributed by atoms with Crippen molar-refractivity contribution in [3.8, 4) is 0 Å². The van der Waals surface area contributed by atoms with Gasteiger partial charge in [0.25, 0.3) is 0 Å². The highest BCUT2D eigenvalue weighted by atomic mass is 31.2. The van der Waals surface area contributed by atoms with Crippen LogP contribution >= 0.6 is 7.60 Å². The normalized spacial score (nSPS) is 11.8. The summed E-state index contributed by atoms with van der Waals surface area (Å²) in [6.45, 7) is 4.53. The predicted molar refractivity (Wildman–Crippen MR) is 65.9 cm³/mol. The van der Waals surface area contributed by atoms with E-state index < -0.39 is 7.60 Å². The lowest BCUT2D eigenvalue weighted by atomic mass is 10.0. The molecule has 0 fully saturated rings. The first-order valence-electron chi connectivity index (χ1n) is 5.27. The van der Waals surface area contributed by atoms with E-state index in [4.69, 9.17) is 9.79 Å². The van der Waals surface area contributed by atoms with E-state index in [0.717, 1.165) is 5.69 Å². The molecule has 0 spiro atoms. The zero-order chi connectivity index (χ0) is 12.2. The van der Waals surface area contributed by atoms with Crippen LogP contribution in [0.3, 0.4) is 0 Å². The molecule has 0 amide bonds. The van der Waals surface area contributed by atoms with Crippen LogP contribution in [0.15, 0.2) is 24.3 Å². The van der Waals surface area contributed by atoms with Gasteiger partial charge in [0.1, 0.15) is 0 Å². The van der Waals surface area contributed by atoms with Crippen molar-refractivity contribution in [2.24, 2.45) is 0 Å². The van der Waals surface area contributed by atoms with Gasteiger partial charge in [-0.25, -0.2) is 0 Å². The number of anilines is 1. The Morgan fingerprint density at radius 3 is 2.25 bits per heavy atom. The van der Waals surface area contributed by atoms with E-state index in [1.54, 1.807) is 0 Å². The molecule has 1 aromatic carbocycles. The van der Waals surface area contributed by atoms with E-state index in [1.165, 1.54) is 5.56 Å². The Bertz CT molecular complexity index is 369. The molecule has 16 heavy (non-hydrogen) atoms. The molecule has 1 aromatic rings. The van der Waals surface area contributed by atoms with Gasteiger partial charge in [0.15, 0.2) is 0 Å². The van der Waals surface area contributed by atoms with Gasteiger partial charge >= 0.3 is 7.60 Å². The average molecular weight is 243 g/mol. The van der Waals surface area contributed by atoms with Crippen molar-refractivity contribution in [2.75, 3.05) is 18.0 Å². The van der Waals surface area contributed by atoms with E-state index in [0.29, 0.717) is 5.92 Å². The first-order valence-corrected chi connectivity index (χ1v) is 7.06. The molecule has 0 aliphatic heterocycles. The van der Waals surface area contributed by atoms with Gasteiger partial charge in [0.2, 0.25) is 0 Å². The van der Waals surface area contributed by atoms with Gasteiger partial charge in [0.05, 0.1) is 6.16 Å². The molecule has 5 heteroatoms. The third kappa shape index (κ3) is 4.79. The third-order valence-electron chi connectivity index (χ3n) is 2.31. The smallest absolute Gasteiger partial charge is 0.327 e. The number of nitrogens with one attached hydrogen (secondary N) is 1. The summed E-state index contributed by atoms with van der Waals surface area (Å²) < 4.78 is 10.6. The van der Waals surface area contributed by atoms with Crippen molar-refractivity contribution in [1.82, 2.24) is 0 Å². The van der Waals surface area contributed by atoms with Gasteiger partial charge in [-0.15, -0.1) is 0 Å². The number of rotatable bonds is 5. The molecule has 0 unspecified atom stereocenters. The van der Waals surface area contributed by atoms with Crippen molar-refractivity contribution in [3.05, 3.63) is 29.8 Å². The summed E-state index contributed by atoms with van der Waals surface area (Å²) in [4.78, 5) is 17.4. The second kappa shape index (κ2) is 5.48. The van der Waals surface area contributed by atoms with Crippen molar-refractivity contribution in [3.63, 3.8) is 0 Å². The standard InChI is InChI=1S/C11H18NO3P/c1-9(2)10-3-5-11(6-4-10)12-7-8-16(13,14)15/h3-6,9,12H,7-8H2,1-2H3,(H2,13,14,15). The highest BCUT2D eigenvalue weighted by molar-refractivity contribution is 7.51. The Hall–Kier alpha value is -0.830. The zero-order valence-electron chi connectivity index (χ0n) is 9.55. The highest BCUT2D eigenvalue weighted by Gasteiger charge is 2.11. The van der Waals surface area contributed by atoms with E-state index in [1.807, 2.05) is 24.3 Å². The lowest BCUT2D eigenvalue weighted by Gasteiger charge is -2.09. The molecule has 90 valence electrons. The van der Waals surface area contributed by atoms with Crippen LogP contribution < -0.4 is 5.32 Å². The fourth-order valence-corrected chi connectivity index (χ4v) is 1.73. The largest absolute Gasteiger partial charge is 0.384 e. The lowest BCUT2D eigenvalue weighted by Crippen LogP contribution is -2.06.